The summed E-state index contributed by atoms with van der Waals surface area (Å²) < 4.78 is 66.4. The maximum absolute atomic E-state index is 13.8. The monoisotopic (exact) mass is 360 g/mol. The van der Waals surface area contributed by atoms with E-state index >= 15 is 0 Å². The van der Waals surface area contributed by atoms with Crippen molar-refractivity contribution in [2.75, 3.05) is 13.1 Å². The van der Waals surface area contributed by atoms with Gasteiger partial charge in [-0.05, 0) is 23.3 Å². The number of nitrogens with one attached hydrogen (secondary N) is 1. The van der Waals surface area contributed by atoms with Crippen LogP contribution < -0.4 is 5.73 Å². The third-order valence-electron chi connectivity index (χ3n) is 4.14. The molecule has 1 amide bonds. The average Bonchev–Trinajstić information content (AvgIpc) is 3.00. The molecule has 0 saturated carbocycles. The Labute approximate surface area is 138 Å². The van der Waals surface area contributed by atoms with Crippen molar-refractivity contribution < 1.29 is 26.7 Å². The molecule has 0 aliphatic carbocycles. The van der Waals surface area contributed by atoms with Crippen molar-refractivity contribution in [3.8, 4) is 0 Å². The Hall–Kier alpha value is -2.49. The van der Waals surface area contributed by atoms with Gasteiger partial charge in [-0.15, -0.1) is 0 Å². The number of fused-ring (bicyclic) bond motifs is 1. The van der Waals surface area contributed by atoms with Gasteiger partial charge >= 0.3 is 6.18 Å². The maximum Gasteiger partial charge on any atom is 0.401 e. The summed E-state index contributed by atoms with van der Waals surface area (Å²) in [7, 11) is 0. The Kier molecular flexibility index (Phi) is 4.23. The molecule has 25 heavy (non-hydrogen) atoms. The first-order valence-corrected chi connectivity index (χ1v) is 7.25. The summed E-state index contributed by atoms with van der Waals surface area (Å²) in [6.45, 7) is -1.71. The minimum absolute atomic E-state index is 0.0552. The van der Waals surface area contributed by atoms with E-state index in [1.54, 1.807) is 0 Å². The number of H-pyrrole nitrogens is 1. The molecule has 0 spiro atoms. The molecule has 2 heterocycles. The normalized spacial score (nSPS) is 21.2. The van der Waals surface area contributed by atoms with Crippen molar-refractivity contribution in [1.29, 1.82) is 0 Å². The minimum Gasteiger partial charge on any atom is -0.369 e. The van der Waals surface area contributed by atoms with Crippen molar-refractivity contribution >= 4 is 5.91 Å². The lowest BCUT2D eigenvalue weighted by Gasteiger charge is -2.40. The summed E-state index contributed by atoms with van der Waals surface area (Å²) in [6.07, 6.45) is -1.90. The van der Waals surface area contributed by atoms with E-state index < -0.39 is 42.2 Å². The zero-order valence-electron chi connectivity index (χ0n) is 12.6. The average molecular weight is 360 g/mol. The van der Waals surface area contributed by atoms with Gasteiger partial charge in [0.25, 0.3) is 0 Å². The number of amides is 1. The Morgan fingerprint density at radius 3 is 2.44 bits per heavy atom. The molecule has 2 unspecified atom stereocenters. The van der Waals surface area contributed by atoms with Gasteiger partial charge in [0.05, 0.1) is 24.7 Å². The molecule has 5 nitrogen and oxygen atoms in total. The first kappa shape index (κ1) is 17.3. The second kappa shape index (κ2) is 6.10. The van der Waals surface area contributed by atoms with Gasteiger partial charge in [-0.3, -0.25) is 14.8 Å². The SMILES string of the molecule is NC(=O)C1CN(CC(F)(F)F)C(c2cn[nH]c2)c2cc(F)c(F)cc21. The molecule has 1 aliphatic rings. The molecule has 3 rings (SSSR count). The number of carbonyl (C=O) groups is 1. The van der Waals surface area contributed by atoms with Crippen LogP contribution in [-0.4, -0.2) is 40.3 Å². The second-order valence-electron chi connectivity index (χ2n) is 5.83. The quantitative estimate of drug-likeness (QED) is 0.825. The number of aromatic nitrogens is 2. The van der Waals surface area contributed by atoms with E-state index in [1.807, 2.05) is 0 Å². The van der Waals surface area contributed by atoms with Crippen LogP contribution in [0, 0.1) is 11.6 Å². The summed E-state index contributed by atoms with van der Waals surface area (Å²) in [4.78, 5) is 12.7. The molecule has 1 aromatic carbocycles. The molecule has 2 aromatic rings. The third-order valence-corrected chi connectivity index (χ3v) is 4.14. The smallest absolute Gasteiger partial charge is 0.369 e. The van der Waals surface area contributed by atoms with E-state index in [2.05, 4.69) is 10.2 Å². The van der Waals surface area contributed by atoms with E-state index in [9.17, 15) is 26.7 Å². The predicted molar refractivity (Wildman–Crippen MR) is 76.4 cm³/mol. The van der Waals surface area contributed by atoms with E-state index in [-0.39, 0.29) is 17.7 Å². The van der Waals surface area contributed by atoms with E-state index in [0.717, 1.165) is 17.0 Å². The van der Waals surface area contributed by atoms with Crippen LogP contribution in [0.4, 0.5) is 22.0 Å². The van der Waals surface area contributed by atoms with Crippen LogP contribution in [0.2, 0.25) is 0 Å². The third kappa shape index (κ3) is 3.34. The number of aromatic amines is 1. The molecule has 10 heteroatoms. The van der Waals surface area contributed by atoms with Crippen LogP contribution in [0.3, 0.4) is 0 Å². The summed E-state index contributed by atoms with van der Waals surface area (Å²) in [5.41, 5.74) is 5.75. The first-order chi connectivity index (χ1) is 11.7. The molecule has 1 aromatic heterocycles. The molecule has 0 bridgehead atoms. The standard InChI is InChI=1S/C15H13F5N4O/c16-11-1-8-9(2-12(11)17)13(7-3-22-23-4-7)24(6-15(18,19)20)5-10(8)14(21)25/h1-4,10,13H,5-6H2,(H2,21,25)(H,22,23). The zero-order valence-corrected chi connectivity index (χ0v) is 12.6. The number of benzene rings is 1. The van der Waals surface area contributed by atoms with Gasteiger partial charge < -0.3 is 5.73 Å². The van der Waals surface area contributed by atoms with Crippen molar-refractivity contribution in [3.05, 3.63) is 52.9 Å². The number of nitrogens with two attached hydrogens (primary N) is 1. The van der Waals surface area contributed by atoms with Crippen LogP contribution in [-0.2, 0) is 4.79 Å². The first-order valence-electron chi connectivity index (χ1n) is 7.25. The number of rotatable bonds is 3. The highest BCUT2D eigenvalue weighted by Gasteiger charge is 2.42. The highest BCUT2D eigenvalue weighted by Crippen LogP contribution is 2.41. The van der Waals surface area contributed by atoms with Gasteiger partial charge in [-0.1, -0.05) is 0 Å². The summed E-state index contributed by atoms with van der Waals surface area (Å²) in [5.74, 6) is -4.51. The molecule has 1 aliphatic heterocycles. The van der Waals surface area contributed by atoms with E-state index in [0.29, 0.717) is 5.56 Å². The Morgan fingerprint density at radius 1 is 1.28 bits per heavy atom. The molecule has 0 saturated heterocycles. The van der Waals surface area contributed by atoms with Crippen LogP contribution >= 0.6 is 0 Å². The number of hydrogen-bond acceptors (Lipinski definition) is 3. The molecule has 134 valence electrons. The lowest BCUT2D eigenvalue weighted by molar-refractivity contribution is -0.152. The van der Waals surface area contributed by atoms with Gasteiger partial charge in [-0.2, -0.15) is 18.3 Å². The predicted octanol–water partition coefficient (Wildman–Crippen LogP) is 2.22. The lowest BCUT2D eigenvalue weighted by atomic mass is 9.82. The number of halogens is 5. The van der Waals surface area contributed by atoms with Crippen LogP contribution in [0.5, 0.6) is 0 Å². The largest absolute Gasteiger partial charge is 0.401 e. The van der Waals surface area contributed by atoms with Crippen molar-refractivity contribution in [3.63, 3.8) is 0 Å². The molecule has 3 N–H and O–H groups in total. The number of hydrogen-bond donors (Lipinski definition) is 2. The van der Waals surface area contributed by atoms with Gasteiger partial charge in [0.15, 0.2) is 11.6 Å². The van der Waals surface area contributed by atoms with Crippen molar-refractivity contribution in [2.24, 2.45) is 5.73 Å². The highest BCUT2D eigenvalue weighted by molar-refractivity contribution is 5.83. The van der Waals surface area contributed by atoms with Crippen LogP contribution in [0.1, 0.15) is 28.7 Å². The van der Waals surface area contributed by atoms with Gasteiger partial charge in [0.1, 0.15) is 0 Å². The fourth-order valence-corrected chi connectivity index (χ4v) is 3.18. The summed E-state index contributed by atoms with van der Waals surface area (Å²) in [6, 6.07) is 0.583. The second-order valence-corrected chi connectivity index (χ2v) is 5.83. The highest BCUT2D eigenvalue weighted by atomic mass is 19.4. The topological polar surface area (TPSA) is 75.0 Å². The minimum atomic E-state index is -4.56. The maximum atomic E-state index is 13.8. The molecule has 0 fully saturated rings. The lowest BCUT2D eigenvalue weighted by Crippen LogP contribution is -2.46. The van der Waals surface area contributed by atoms with Gasteiger partial charge in [0, 0.05) is 18.3 Å². The zero-order chi connectivity index (χ0) is 18.4. The molecule has 0 radical (unpaired) electrons. The fraction of sp³-hybridized carbons (Fsp3) is 0.333. The van der Waals surface area contributed by atoms with Crippen LogP contribution in [0.15, 0.2) is 24.5 Å². The van der Waals surface area contributed by atoms with Gasteiger partial charge in [0.2, 0.25) is 5.91 Å². The Balaban J connectivity index is 2.18. The number of nitrogens with zero attached hydrogens (tertiary/aromatic N) is 2. The fourth-order valence-electron chi connectivity index (χ4n) is 3.18. The Morgan fingerprint density at radius 2 is 1.92 bits per heavy atom. The van der Waals surface area contributed by atoms with Gasteiger partial charge in [-0.25, -0.2) is 8.78 Å². The van der Waals surface area contributed by atoms with E-state index in [1.165, 1.54) is 12.4 Å². The number of primary amides is 1. The van der Waals surface area contributed by atoms with E-state index in [4.69, 9.17) is 5.73 Å². The summed E-state index contributed by atoms with van der Waals surface area (Å²) in [5, 5.41) is 6.19. The molecular weight excluding hydrogens is 347 g/mol. The number of carbonyl (C=O) groups excluding carboxylic acids is 1. The summed E-state index contributed by atoms with van der Waals surface area (Å²) >= 11 is 0. The van der Waals surface area contributed by atoms with Crippen molar-refractivity contribution in [1.82, 2.24) is 15.1 Å². The molecule has 2 atom stereocenters. The van der Waals surface area contributed by atoms with Crippen molar-refractivity contribution in [2.45, 2.75) is 18.1 Å². The molecular formula is C15H13F5N4O. The number of alkyl halides is 3. The van der Waals surface area contributed by atoms with Crippen LogP contribution in [0.25, 0.3) is 0 Å². The Bertz CT molecular complexity index is 790.